The molecule has 31 heavy (non-hydrogen) atoms. The zero-order valence-corrected chi connectivity index (χ0v) is 22.6. The zero-order chi connectivity index (χ0) is 24.5. The van der Waals surface area contributed by atoms with Crippen LogP contribution in [0.1, 0.15) is 66.7 Å². The summed E-state index contributed by atoms with van der Waals surface area (Å²) in [6.45, 7) is 9.34. The van der Waals surface area contributed by atoms with Gasteiger partial charge in [0.2, 0.25) is 0 Å². The molecule has 14 heteroatoms. The van der Waals surface area contributed by atoms with E-state index in [0.717, 1.165) is 6.42 Å². The summed E-state index contributed by atoms with van der Waals surface area (Å²) in [6.07, 6.45) is 3.10. The van der Waals surface area contributed by atoms with E-state index in [9.17, 15) is 22.4 Å². The first-order chi connectivity index (χ1) is 13.9. The summed E-state index contributed by atoms with van der Waals surface area (Å²) in [5.74, 6) is 0.966. The SMILES string of the molecule is CCCC(C)(C)C(OP(N)(=O)O)S(=O)CCCS(=O)CCCC(C)(C)COP(N)(=O)O. The molecule has 0 saturated carbocycles. The van der Waals surface area contributed by atoms with Crippen LogP contribution in [0.4, 0.5) is 0 Å². The second-order valence-electron chi connectivity index (χ2n) is 9.13. The van der Waals surface area contributed by atoms with Crippen LogP contribution in [0.25, 0.3) is 0 Å². The topological polar surface area (TPSA) is 179 Å². The van der Waals surface area contributed by atoms with Crippen LogP contribution >= 0.6 is 15.5 Å². The van der Waals surface area contributed by atoms with Gasteiger partial charge in [0.05, 0.1) is 17.4 Å². The van der Waals surface area contributed by atoms with Gasteiger partial charge >= 0.3 is 15.5 Å². The fraction of sp³-hybridized carbons (Fsp3) is 1.00. The minimum Gasteiger partial charge on any atom is -0.313 e. The molecule has 0 fully saturated rings. The summed E-state index contributed by atoms with van der Waals surface area (Å²) in [7, 11) is -11.0. The Morgan fingerprint density at radius 3 is 1.97 bits per heavy atom. The Bertz CT molecular complexity index is 694. The molecule has 0 saturated heterocycles. The maximum absolute atomic E-state index is 12.8. The predicted octanol–water partition coefficient (Wildman–Crippen LogP) is 2.98. The van der Waals surface area contributed by atoms with Crippen molar-refractivity contribution >= 4 is 37.1 Å². The van der Waals surface area contributed by atoms with Crippen molar-refractivity contribution in [1.29, 1.82) is 0 Å². The molecular weight excluding hydrogens is 486 g/mol. The van der Waals surface area contributed by atoms with Gasteiger partial charge in [-0.05, 0) is 31.1 Å². The fourth-order valence-electron chi connectivity index (χ4n) is 3.07. The summed E-state index contributed by atoms with van der Waals surface area (Å²) in [5.41, 5.74) is 8.12. The summed E-state index contributed by atoms with van der Waals surface area (Å²) >= 11 is 0. The Hall–Kier alpha value is 0.520. The molecule has 0 aromatic heterocycles. The van der Waals surface area contributed by atoms with Gasteiger partial charge in [-0.15, -0.1) is 0 Å². The van der Waals surface area contributed by atoms with Crippen molar-refractivity contribution in [2.24, 2.45) is 21.8 Å². The third kappa shape index (κ3) is 15.9. The fourth-order valence-corrected chi connectivity index (χ4v) is 7.71. The van der Waals surface area contributed by atoms with Crippen molar-refractivity contribution in [3.05, 3.63) is 0 Å². The first-order valence-corrected chi connectivity index (χ1v) is 16.3. The van der Waals surface area contributed by atoms with Crippen molar-refractivity contribution in [2.45, 2.75) is 72.2 Å². The molecule has 0 rings (SSSR count). The minimum atomic E-state index is -4.30. The van der Waals surface area contributed by atoms with Gasteiger partial charge in [-0.1, -0.05) is 41.0 Å². The molecule has 188 valence electrons. The number of hydrogen-bond acceptors (Lipinski definition) is 6. The number of nitrogens with two attached hydrogens (primary N) is 2. The van der Waals surface area contributed by atoms with Gasteiger partial charge in [0.1, 0.15) is 5.44 Å². The summed E-state index contributed by atoms with van der Waals surface area (Å²) in [6, 6.07) is 0. The van der Waals surface area contributed by atoms with Crippen LogP contribution in [0.5, 0.6) is 0 Å². The van der Waals surface area contributed by atoms with Gasteiger partial charge in [-0.2, -0.15) is 0 Å². The number of rotatable bonds is 17. The van der Waals surface area contributed by atoms with Crippen LogP contribution in [0.15, 0.2) is 0 Å². The van der Waals surface area contributed by atoms with Crippen LogP contribution in [0, 0.1) is 10.8 Å². The highest BCUT2D eigenvalue weighted by Crippen LogP contribution is 2.42. The summed E-state index contributed by atoms with van der Waals surface area (Å²) in [4.78, 5) is 18.4. The lowest BCUT2D eigenvalue weighted by Crippen LogP contribution is -2.37. The van der Waals surface area contributed by atoms with E-state index in [2.05, 4.69) is 0 Å². The lowest BCUT2D eigenvalue weighted by molar-refractivity contribution is 0.118. The lowest BCUT2D eigenvalue weighted by Gasteiger charge is -2.33. The third-order valence-electron chi connectivity index (χ3n) is 4.60. The smallest absolute Gasteiger partial charge is 0.313 e. The van der Waals surface area contributed by atoms with Gasteiger partial charge < -0.3 is 9.79 Å². The van der Waals surface area contributed by atoms with E-state index in [0.29, 0.717) is 37.2 Å². The van der Waals surface area contributed by atoms with Crippen LogP contribution in [0.2, 0.25) is 0 Å². The predicted molar refractivity (Wildman–Crippen MR) is 126 cm³/mol. The Labute approximate surface area is 191 Å². The number of hydrogen-bond donors (Lipinski definition) is 4. The zero-order valence-electron chi connectivity index (χ0n) is 19.2. The van der Waals surface area contributed by atoms with E-state index in [4.69, 9.17) is 24.9 Å². The van der Waals surface area contributed by atoms with Gasteiger partial charge in [0, 0.05) is 33.5 Å². The summed E-state index contributed by atoms with van der Waals surface area (Å²) in [5, 5.41) is 0. The van der Waals surface area contributed by atoms with Crippen molar-refractivity contribution < 1.29 is 36.4 Å². The average molecular weight is 527 g/mol. The van der Waals surface area contributed by atoms with Gasteiger partial charge in [-0.25, -0.2) is 20.1 Å². The molecule has 0 amide bonds. The van der Waals surface area contributed by atoms with E-state index in [1.807, 2.05) is 34.6 Å². The molecule has 5 atom stereocenters. The van der Waals surface area contributed by atoms with Gasteiger partial charge in [0.15, 0.2) is 0 Å². The highest BCUT2D eigenvalue weighted by atomic mass is 32.2. The maximum Gasteiger partial charge on any atom is 0.401 e. The molecule has 0 heterocycles. The molecule has 0 aliphatic carbocycles. The average Bonchev–Trinajstić information content (AvgIpc) is 2.56. The molecule has 5 unspecified atom stereocenters. The quantitative estimate of drug-likeness (QED) is 0.206. The first-order valence-electron chi connectivity index (χ1n) is 10.2. The highest BCUT2D eigenvalue weighted by Gasteiger charge is 2.38. The van der Waals surface area contributed by atoms with Crippen molar-refractivity contribution in [3.8, 4) is 0 Å². The highest BCUT2D eigenvalue weighted by molar-refractivity contribution is 7.86. The minimum absolute atomic E-state index is 0.0215. The second-order valence-corrected chi connectivity index (χ2v) is 15.2. The largest absolute Gasteiger partial charge is 0.401 e. The standard InChI is InChI=1S/C17H40N2O8P2S2/c1-6-9-17(4,5)15(27-29(19,22)23)31(25)13-8-12-30(24)11-7-10-16(2,3)14-26-28(18,20)21/h15H,6-14H2,1-5H3,(H3,18,20,21)(H3,19,22,23). The normalized spacial score (nSPS) is 19.9. The van der Waals surface area contributed by atoms with E-state index < -0.39 is 47.9 Å². The molecular formula is C17H40N2O8P2S2. The maximum atomic E-state index is 12.8. The molecule has 0 bridgehead atoms. The molecule has 0 aliphatic rings. The molecule has 0 aromatic rings. The van der Waals surface area contributed by atoms with E-state index in [1.54, 1.807) is 0 Å². The molecule has 0 aliphatic heterocycles. The lowest BCUT2D eigenvalue weighted by atomic mass is 9.89. The molecule has 6 N–H and O–H groups in total. The molecule has 0 aromatic carbocycles. The molecule has 0 spiro atoms. The van der Waals surface area contributed by atoms with Crippen LogP contribution in [-0.2, 0) is 39.8 Å². The van der Waals surface area contributed by atoms with E-state index in [1.165, 1.54) is 0 Å². The van der Waals surface area contributed by atoms with Crippen LogP contribution in [0.3, 0.4) is 0 Å². The Morgan fingerprint density at radius 1 is 0.935 bits per heavy atom. The first kappa shape index (κ1) is 31.5. The van der Waals surface area contributed by atoms with Crippen molar-refractivity contribution in [3.63, 3.8) is 0 Å². The van der Waals surface area contributed by atoms with E-state index >= 15 is 0 Å². The van der Waals surface area contributed by atoms with Crippen molar-refractivity contribution in [2.75, 3.05) is 23.9 Å². The third-order valence-corrected chi connectivity index (χ3v) is 9.15. The monoisotopic (exact) mass is 526 g/mol. The summed E-state index contributed by atoms with van der Waals surface area (Å²) < 4.78 is 57.4. The van der Waals surface area contributed by atoms with Gasteiger partial charge in [0.25, 0.3) is 0 Å². The second kappa shape index (κ2) is 13.4. The Morgan fingerprint density at radius 2 is 1.48 bits per heavy atom. The Kier molecular flexibility index (Phi) is 13.6. The van der Waals surface area contributed by atoms with Crippen LogP contribution < -0.4 is 11.0 Å². The van der Waals surface area contributed by atoms with Crippen LogP contribution in [-0.4, -0.2) is 47.5 Å². The molecule has 0 radical (unpaired) electrons. The molecule has 10 nitrogen and oxygen atoms in total. The van der Waals surface area contributed by atoms with Gasteiger partial charge in [-0.3, -0.25) is 17.5 Å². The Balaban J connectivity index is 4.54. The van der Waals surface area contributed by atoms with E-state index in [-0.39, 0.29) is 17.8 Å². The van der Waals surface area contributed by atoms with Crippen molar-refractivity contribution in [1.82, 2.24) is 0 Å².